The van der Waals surface area contributed by atoms with Gasteiger partial charge in [-0.2, -0.15) is 0 Å². The zero-order chi connectivity index (χ0) is 7.54. The van der Waals surface area contributed by atoms with Crippen molar-refractivity contribution in [3.05, 3.63) is 0 Å². The molecule has 0 aromatic carbocycles. The molecule has 0 rings (SSSR count). The van der Waals surface area contributed by atoms with Gasteiger partial charge in [0.25, 0.3) is 0 Å². The van der Waals surface area contributed by atoms with Crippen LogP contribution in [-0.4, -0.2) is 22.9 Å². The maximum absolute atomic E-state index is 4.88. The minimum Gasteiger partial charge on any atom is -0.279 e. The summed E-state index contributed by atoms with van der Waals surface area (Å²) in [4.78, 5) is 0. The third-order valence-corrected chi connectivity index (χ3v) is 0.729. The molecule has 1 nitrogen and oxygen atoms in total. The van der Waals surface area contributed by atoms with Gasteiger partial charge < -0.3 is 0 Å². The van der Waals surface area contributed by atoms with Gasteiger partial charge >= 0.3 is 0 Å². The fraction of sp³-hybridized carbons (Fsp3) is 1.00. The van der Waals surface area contributed by atoms with Crippen molar-refractivity contribution in [3.8, 4) is 0 Å². The maximum atomic E-state index is 4.88. The summed E-state index contributed by atoms with van der Waals surface area (Å²) >= 11 is 7.46. The van der Waals surface area contributed by atoms with E-state index in [0.29, 0.717) is 6.61 Å². The Balaban J connectivity index is 0. The number of hydrogen-bond donors (Lipinski definition) is 0. The molecule has 0 saturated carbocycles. The molecule has 0 atom stereocenters. The highest BCUT2D eigenvalue weighted by Crippen LogP contribution is 1.88. The molecule has 0 aliphatic heterocycles. The second-order valence-electron chi connectivity index (χ2n) is 1.58. The van der Waals surface area contributed by atoms with Crippen LogP contribution in [0.5, 0.6) is 0 Å². The molecule has 9 heavy (non-hydrogen) atoms. The first kappa shape index (κ1) is 12.5. The van der Waals surface area contributed by atoms with Gasteiger partial charge in [0, 0.05) is 0 Å². The molecule has 0 unspecified atom stereocenters. The lowest BCUT2D eigenvalue weighted by molar-refractivity contribution is 0.341. The van der Waals surface area contributed by atoms with E-state index in [9.17, 15) is 0 Å². The summed E-state index contributed by atoms with van der Waals surface area (Å²) in [6, 6.07) is 0. The van der Waals surface area contributed by atoms with Crippen molar-refractivity contribution in [1.29, 1.82) is 0 Å². The quantitative estimate of drug-likeness (QED) is 0.460. The summed E-state index contributed by atoms with van der Waals surface area (Å²) in [7, 11) is 0. The fourth-order valence-corrected chi connectivity index (χ4v) is 0.308. The number of halogens is 1. The summed E-state index contributed by atoms with van der Waals surface area (Å²) in [6.45, 7) is 4.86. The van der Waals surface area contributed by atoms with Gasteiger partial charge in [0.1, 0.15) is 16.3 Å². The average molecular weight is 165 g/mol. The van der Waals surface area contributed by atoms with Crippen molar-refractivity contribution < 1.29 is 4.29 Å². The summed E-state index contributed by atoms with van der Waals surface area (Å²) in [5.74, 6) is 0. The lowest BCUT2D eigenvalue weighted by Crippen LogP contribution is -1.78. The van der Waals surface area contributed by atoms with Crippen LogP contribution in [0.4, 0.5) is 0 Å². The third kappa shape index (κ3) is 28.2. The predicted octanol–water partition coefficient (Wildman–Crippen LogP) is 2.55. The second kappa shape index (κ2) is 15.9. The van der Waals surface area contributed by atoms with Crippen LogP contribution in [0.2, 0.25) is 5.28 Å². The molecule has 3 heteroatoms. The zero-order valence-electron chi connectivity index (χ0n) is 6.19. The van der Waals surface area contributed by atoms with Gasteiger partial charge in [-0.25, -0.2) is 0 Å². The van der Waals surface area contributed by atoms with Gasteiger partial charge in [0.2, 0.25) is 0 Å². The van der Waals surface area contributed by atoms with Gasteiger partial charge in [-0.3, -0.25) is 4.29 Å². The molecule has 0 heterocycles. The van der Waals surface area contributed by atoms with Crippen molar-refractivity contribution in [3.63, 3.8) is 0 Å². The predicted molar refractivity (Wildman–Crippen MR) is 42.9 cm³/mol. The molecule has 0 aliphatic carbocycles. The minimum atomic E-state index is 0.679. The molecule has 0 bridgehead atoms. The van der Waals surface area contributed by atoms with Crippen LogP contribution < -0.4 is 0 Å². The highest BCUT2D eigenvalue weighted by molar-refractivity contribution is 6.08. The molecule has 0 saturated heterocycles. The smallest absolute Gasteiger partial charge is 0.117 e. The van der Waals surface area contributed by atoms with E-state index >= 15 is 0 Å². The molecule has 0 spiro atoms. The molecule has 0 fully saturated rings. The van der Waals surface area contributed by atoms with Crippen LogP contribution in [0.15, 0.2) is 0 Å². The highest BCUT2D eigenvalue weighted by atomic mass is 35.5. The Morgan fingerprint density at radius 2 is 1.89 bits per heavy atom. The minimum absolute atomic E-state index is 0.679. The Hall–Kier alpha value is 0.782. The summed E-state index contributed by atoms with van der Waals surface area (Å²) < 4.78 is 4.25. The van der Waals surface area contributed by atoms with Crippen LogP contribution in [0.1, 0.15) is 26.7 Å². The van der Waals surface area contributed by atoms with Gasteiger partial charge in [-0.1, -0.05) is 20.3 Å². The molecular formula is C6H14AlClO. The Morgan fingerprint density at radius 1 is 1.44 bits per heavy atom. The zero-order valence-corrected chi connectivity index (χ0v) is 8.10. The molecule has 0 N–H and O–H groups in total. The van der Waals surface area contributed by atoms with Crippen molar-refractivity contribution in [2.45, 2.75) is 32.0 Å². The Morgan fingerprint density at radius 3 is 2.00 bits per heavy atom. The van der Waals surface area contributed by atoms with Crippen LogP contribution in [0.25, 0.3) is 0 Å². The summed E-state index contributed by atoms with van der Waals surface area (Å²) in [6.07, 6.45) is 2.20. The Kier molecular flexibility index (Phi) is 22.0. The van der Waals surface area contributed by atoms with Crippen molar-refractivity contribution in [2.75, 3.05) is 6.61 Å². The van der Waals surface area contributed by atoms with Crippen molar-refractivity contribution >= 4 is 28.2 Å². The third-order valence-electron chi connectivity index (χ3n) is 0.575. The number of rotatable bonds is 3. The molecule has 0 amide bonds. The number of unbranched alkanes of at least 4 members (excludes halogenated alkanes) is 1. The standard InChI is InChI=1S/C4H9ClO.C2H5.Al/c1-2-3-4-6-5;1-2;/h2-4H2,1H3;1H2,2H3;. The first-order chi connectivity index (χ1) is 4.33. The van der Waals surface area contributed by atoms with Gasteiger partial charge in [0.05, 0.1) is 18.5 Å². The highest BCUT2D eigenvalue weighted by Gasteiger charge is 1.76. The molecule has 0 aromatic rings. The largest absolute Gasteiger partial charge is 0.279 e. The molecule has 0 aliphatic rings. The van der Waals surface area contributed by atoms with Crippen LogP contribution in [-0.2, 0) is 4.29 Å². The van der Waals surface area contributed by atoms with Gasteiger partial charge in [-0.05, 0) is 6.42 Å². The molecular weight excluding hydrogens is 150 g/mol. The summed E-state index contributed by atoms with van der Waals surface area (Å²) in [5, 5.41) is 1.17. The van der Waals surface area contributed by atoms with Crippen LogP contribution in [0, 0.1) is 0 Å². The lowest BCUT2D eigenvalue weighted by Gasteiger charge is -1.86. The van der Waals surface area contributed by atoms with Crippen molar-refractivity contribution in [1.82, 2.24) is 0 Å². The average Bonchev–Trinajstić information content (AvgIpc) is 1.86. The van der Waals surface area contributed by atoms with E-state index in [4.69, 9.17) is 11.9 Å². The monoisotopic (exact) mass is 164 g/mol. The first-order valence-electron chi connectivity index (χ1n) is 3.27. The Bertz CT molecular complexity index is 32.2. The SMILES string of the molecule is CCCCOCl.C[CH2][Al]. The lowest BCUT2D eigenvalue weighted by atomic mass is 10.4. The fourth-order valence-electron chi connectivity index (χ4n) is 0.199. The van der Waals surface area contributed by atoms with Gasteiger partial charge in [0.15, 0.2) is 0 Å². The van der Waals surface area contributed by atoms with Crippen LogP contribution >= 0.6 is 11.9 Å². The normalized spacial score (nSPS) is 7.89. The van der Waals surface area contributed by atoms with E-state index < -0.39 is 0 Å². The molecule has 0 aromatic heterocycles. The van der Waals surface area contributed by atoms with E-state index in [-0.39, 0.29) is 0 Å². The first-order valence-corrected chi connectivity index (χ1v) is 4.39. The van der Waals surface area contributed by atoms with Gasteiger partial charge in [-0.15, -0.1) is 5.28 Å². The molecule has 54 valence electrons. The maximum Gasteiger partial charge on any atom is 0.117 e. The summed E-state index contributed by atoms with van der Waals surface area (Å²) in [5.41, 5.74) is 0. The Labute approximate surface area is 71.3 Å². The topological polar surface area (TPSA) is 9.23 Å². The van der Waals surface area contributed by atoms with Crippen LogP contribution in [0.3, 0.4) is 0 Å². The van der Waals surface area contributed by atoms with E-state index in [1.54, 1.807) is 0 Å². The number of hydrogen-bond acceptors (Lipinski definition) is 1. The van der Waals surface area contributed by atoms with E-state index in [0.717, 1.165) is 12.8 Å². The van der Waals surface area contributed by atoms with E-state index in [2.05, 4.69) is 34.4 Å². The van der Waals surface area contributed by atoms with E-state index in [1.165, 1.54) is 5.28 Å². The van der Waals surface area contributed by atoms with Crippen molar-refractivity contribution in [2.24, 2.45) is 0 Å². The second-order valence-corrected chi connectivity index (χ2v) is 2.61. The van der Waals surface area contributed by atoms with E-state index in [1.807, 2.05) is 0 Å². The molecule has 2 radical (unpaired) electrons.